The lowest BCUT2D eigenvalue weighted by Gasteiger charge is -2.38. The number of rotatable bonds is 2. The van der Waals surface area contributed by atoms with Gasteiger partial charge in [-0.25, -0.2) is 0 Å². The molecule has 0 aliphatic carbocycles. The van der Waals surface area contributed by atoms with Gasteiger partial charge in [-0.05, 0) is 20.3 Å². The quantitative estimate of drug-likeness (QED) is 0.683. The van der Waals surface area contributed by atoms with Gasteiger partial charge in [-0.3, -0.25) is 4.90 Å². The Labute approximate surface area is 91.5 Å². The normalized spacial score (nSPS) is 32.8. The van der Waals surface area contributed by atoms with Crippen LogP contribution in [0.4, 0.5) is 0 Å². The molecule has 0 amide bonds. The molecule has 1 atom stereocenters. The van der Waals surface area contributed by atoms with E-state index in [1.165, 1.54) is 0 Å². The molecular weight excluding hydrogens is 194 g/mol. The van der Waals surface area contributed by atoms with E-state index in [-0.39, 0.29) is 0 Å². The van der Waals surface area contributed by atoms with Gasteiger partial charge in [0.1, 0.15) is 0 Å². The molecule has 2 saturated heterocycles. The number of hydrogen-bond donors (Lipinski definition) is 0. The van der Waals surface area contributed by atoms with Crippen LogP contribution >= 0.6 is 0 Å². The molecular formula is C11H21NO3. The maximum atomic E-state index is 5.87. The fourth-order valence-corrected chi connectivity index (χ4v) is 2.13. The molecule has 1 unspecified atom stereocenters. The Hall–Kier alpha value is -0.160. The topological polar surface area (TPSA) is 30.9 Å². The van der Waals surface area contributed by atoms with E-state index < -0.39 is 5.79 Å². The van der Waals surface area contributed by atoms with Gasteiger partial charge in [0.15, 0.2) is 5.79 Å². The van der Waals surface area contributed by atoms with Crippen molar-refractivity contribution in [3.8, 4) is 0 Å². The summed E-state index contributed by atoms with van der Waals surface area (Å²) in [5.41, 5.74) is 0. The van der Waals surface area contributed by atoms with Crippen LogP contribution in [0.5, 0.6) is 0 Å². The number of ether oxygens (including phenoxy) is 3. The molecule has 0 saturated carbocycles. The summed E-state index contributed by atoms with van der Waals surface area (Å²) in [6.45, 7) is 9.55. The molecule has 0 radical (unpaired) electrons. The van der Waals surface area contributed by atoms with E-state index >= 15 is 0 Å². The lowest BCUT2D eigenvalue weighted by molar-refractivity contribution is -0.275. The summed E-state index contributed by atoms with van der Waals surface area (Å²) in [5.74, 6) is -0.408. The van der Waals surface area contributed by atoms with E-state index in [4.69, 9.17) is 14.2 Å². The first-order chi connectivity index (χ1) is 7.16. The standard InChI is InChI=1S/C11H21NO3/c1-11(2)14-6-3-10(15-11)9-12-4-7-13-8-5-12/h10H,3-9H2,1-2H3. The second-order valence-electron chi connectivity index (χ2n) is 4.69. The first kappa shape index (κ1) is 11.3. The molecule has 2 aliphatic heterocycles. The van der Waals surface area contributed by atoms with E-state index in [9.17, 15) is 0 Å². The third-order valence-corrected chi connectivity index (χ3v) is 2.91. The summed E-state index contributed by atoms with van der Waals surface area (Å²) in [6, 6.07) is 0. The van der Waals surface area contributed by atoms with Gasteiger partial charge in [0.25, 0.3) is 0 Å². The molecule has 0 aromatic carbocycles. The highest BCUT2D eigenvalue weighted by molar-refractivity contribution is 4.74. The molecule has 0 spiro atoms. The van der Waals surface area contributed by atoms with Gasteiger partial charge >= 0.3 is 0 Å². The Morgan fingerprint density at radius 2 is 1.93 bits per heavy atom. The van der Waals surface area contributed by atoms with Crippen molar-refractivity contribution in [2.24, 2.45) is 0 Å². The molecule has 0 bridgehead atoms. The number of hydrogen-bond acceptors (Lipinski definition) is 4. The minimum atomic E-state index is -0.408. The Morgan fingerprint density at radius 3 is 2.60 bits per heavy atom. The SMILES string of the molecule is CC1(C)OCCC(CN2CCOCC2)O1. The maximum Gasteiger partial charge on any atom is 0.163 e. The molecule has 15 heavy (non-hydrogen) atoms. The van der Waals surface area contributed by atoms with Crippen LogP contribution in [0.1, 0.15) is 20.3 Å². The van der Waals surface area contributed by atoms with Crippen molar-refractivity contribution in [1.82, 2.24) is 4.90 Å². The molecule has 0 aromatic heterocycles. The summed E-state index contributed by atoms with van der Waals surface area (Å²) in [6.07, 6.45) is 1.31. The van der Waals surface area contributed by atoms with Gasteiger partial charge in [-0.15, -0.1) is 0 Å². The van der Waals surface area contributed by atoms with Gasteiger partial charge in [-0.2, -0.15) is 0 Å². The zero-order chi connectivity index (χ0) is 10.7. The molecule has 2 rings (SSSR count). The molecule has 4 nitrogen and oxygen atoms in total. The Kier molecular flexibility index (Phi) is 3.61. The van der Waals surface area contributed by atoms with Crippen LogP contribution in [0.2, 0.25) is 0 Å². The monoisotopic (exact) mass is 215 g/mol. The fourth-order valence-electron chi connectivity index (χ4n) is 2.13. The largest absolute Gasteiger partial charge is 0.379 e. The van der Waals surface area contributed by atoms with E-state index in [0.717, 1.165) is 45.9 Å². The van der Waals surface area contributed by atoms with E-state index in [0.29, 0.717) is 6.10 Å². The summed E-state index contributed by atoms with van der Waals surface area (Å²) in [4.78, 5) is 2.41. The van der Waals surface area contributed by atoms with Crippen LogP contribution in [0, 0.1) is 0 Å². The van der Waals surface area contributed by atoms with Crippen molar-refractivity contribution in [2.45, 2.75) is 32.2 Å². The number of nitrogens with zero attached hydrogens (tertiary/aromatic N) is 1. The summed E-state index contributed by atoms with van der Waals surface area (Å²) in [7, 11) is 0. The fraction of sp³-hybridized carbons (Fsp3) is 1.00. The van der Waals surface area contributed by atoms with Gasteiger partial charge in [0, 0.05) is 19.6 Å². The minimum absolute atomic E-state index is 0.312. The van der Waals surface area contributed by atoms with Gasteiger partial charge in [0.05, 0.1) is 25.9 Å². The summed E-state index contributed by atoms with van der Waals surface area (Å²) in [5, 5.41) is 0. The predicted molar refractivity (Wildman–Crippen MR) is 56.8 cm³/mol. The second-order valence-corrected chi connectivity index (χ2v) is 4.69. The minimum Gasteiger partial charge on any atom is -0.379 e. The Morgan fingerprint density at radius 1 is 1.20 bits per heavy atom. The number of morpholine rings is 1. The Balaban J connectivity index is 1.78. The van der Waals surface area contributed by atoms with E-state index in [1.807, 2.05) is 13.8 Å². The van der Waals surface area contributed by atoms with Crippen molar-refractivity contribution < 1.29 is 14.2 Å². The van der Waals surface area contributed by atoms with Crippen LogP contribution in [0.3, 0.4) is 0 Å². The maximum absolute atomic E-state index is 5.87. The van der Waals surface area contributed by atoms with Crippen molar-refractivity contribution in [2.75, 3.05) is 39.5 Å². The second kappa shape index (κ2) is 4.78. The van der Waals surface area contributed by atoms with Crippen LogP contribution < -0.4 is 0 Å². The van der Waals surface area contributed by atoms with Crippen molar-refractivity contribution >= 4 is 0 Å². The zero-order valence-corrected chi connectivity index (χ0v) is 9.70. The van der Waals surface area contributed by atoms with Gasteiger partial charge in [-0.1, -0.05) is 0 Å². The molecule has 88 valence electrons. The van der Waals surface area contributed by atoms with Gasteiger partial charge < -0.3 is 14.2 Å². The molecule has 0 N–H and O–H groups in total. The summed E-state index contributed by atoms with van der Waals surface area (Å²) < 4.78 is 16.7. The lowest BCUT2D eigenvalue weighted by Crippen LogP contribution is -2.47. The highest BCUT2D eigenvalue weighted by Crippen LogP contribution is 2.22. The van der Waals surface area contributed by atoms with Crippen molar-refractivity contribution in [1.29, 1.82) is 0 Å². The van der Waals surface area contributed by atoms with Crippen LogP contribution in [-0.4, -0.2) is 56.2 Å². The summed E-state index contributed by atoms with van der Waals surface area (Å²) >= 11 is 0. The molecule has 2 aliphatic rings. The van der Waals surface area contributed by atoms with Gasteiger partial charge in [0.2, 0.25) is 0 Å². The highest BCUT2D eigenvalue weighted by atomic mass is 16.7. The van der Waals surface area contributed by atoms with Crippen molar-refractivity contribution in [3.63, 3.8) is 0 Å². The third-order valence-electron chi connectivity index (χ3n) is 2.91. The molecule has 0 aromatic rings. The van der Waals surface area contributed by atoms with E-state index in [2.05, 4.69) is 4.90 Å². The van der Waals surface area contributed by atoms with Crippen LogP contribution in [0.15, 0.2) is 0 Å². The highest BCUT2D eigenvalue weighted by Gasteiger charge is 2.30. The average Bonchev–Trinajstić information content (AvgIpc) is 2.17. The lowest BCUT2D eigenvalue weighted by atomic mass is 10.2. The van der Waals surface area contributed by atoms with E-state index in [1.54, 1.807) is 0 Å². The third kappa shape index (κ3) is 3.41. The first-order valence-corrected chi connectivity index (χ1v) is 5.78. The zero-order valence-electron chi connectivity index (χ0n) is 9.70. The van der Waals surface area contributed by atoms with Crippen LogP contribution in [0.25, 0.3) is 0 Å². The van der Waals surface area contributed by atoms with Crippen LogP contribution in [-0.2, 0) is 14.2 Å². The smallest absolute Gasteiger partial charge is 0.163 e. The Bertz CT molecular complexity index is 202. The first-order valence-electron chi connectivity index (χ1n) is 5.78. The molecule has 4 heteroatoms. The molecule has 2 fully saturated rings. The predicted octanol–water partition coefficient (Wildman–Crippen LogP) is 0.860. The molecule has 2 heterocycles. The average molecular weight is 215 g/mol. The van der Waals surface area contributed by atoms with Crippen molar-refractivity contribution in [3.05, 3.63) is 0 Å².